The first-order chi connectivity index (χ1) is 3.00. The zero-order chi connectivity index (χ0) is 4.24. The van der Waals surface area contributed by atoms with Crippen LogP contribution in [0.4, 0.5) is 0 Å². The molecular formula is C3H7N3S. The maximum absolute atomic E-state index is 3.68. The smallest absolute Gasteiger partial charge is 0.0843 e. The highest BCUT2D eigenvalue weighted by Crippen LogP contribution is 1.97. The maximum atomic E-state index is 3.68. The van der Waals surface area contributed by atoms with E-state index in [1.165, 1.54) is 0 Å². The lowest BCUT2D eigenvalue weighted by atomic mass is 11.1. The zero-order valence-corrected chi connectivity index (χ0v) is 4.61. The number of hydrogen-bond acceptors (Lipinski definition) is 4. The monoisotopic (exact) mass is 117 g/mol. The summed E-state index contributed by atoms with van der Waals surface area (Å²) in [5, 5.41) is 5.60. The third-order valence-electron chi connectivity index (χ3n) is 0.409. The van der Waals surface area contributed by atoms with Crippen LogP contribution in [0.2, 0.25) is 0 Å². The molecule has 1 heterocycles. The summed E-state index contributed by atoms with van der Waals surface area (Å²) in [7, 11) is 0. The molecule has 0 aromatic heterocycles. The molecule has 1 aliphatic rings. The van der Waals surface area contributed by atoms with Crippen molar-refractivity contribution in [1.29, 1.82) is 0 Å². The molecule has 0 fully saturated rings. The number of rotatable bonds is 0. The first kappa shape index (κ1) is 6.52. The van der Waals surface area contributed by atoms with Gasteiger partial charge in [0, 0.05) is 6.20 Å². The fourth-order valence-electron chi connectivity index (χ4n) is 0.209. The predicted molar refractivity (Wildman–Crippen MR) is 33.4 cm³/mol. The average Bonchev–Trinajstić information content (AvgIpc) is 1.72. The Bertz CT molecular complexity index is 68.2. The van der Waals surface area contributed by atoms with Crippen LogP contribution in [-0.2, 0) is 0 Å². The van der Waals surface area contributed by atoms with E-state index < -0.39 is 0 Å². The lowest BCUT2D eigenvalue weighted by Crippen LogP contribution is -1.93. The molecular weight excluding hydrogens is 110 g/mol. The van der Waals surface area contributed by atoms with Gasteiger partial charge in [-0.1, -0.05) is 11.8 Å². The van der Waals surface area contributed by atoms with E-state index in [0.29, 0.717) is 0 Å². The van der Waals surface area contributed by atoms with E-state index >= 15 is 0 Å². The van der Waals surface area contributed by atoms with E-state index in [9.17, 15) is 0 Å². The number of hydrazone groups is 1. The molecule has 0 aromatic rings. The van der Waals surface area contributed by atoms with Gasteiger partial charge in [-0.25, -0.2) is 0 Å². The van der Waals surface area contributed by atoms with Gasteiger partial charge in [-0.3, -0.25) is 5.43 Å². The Balaban J connectivity index is 0.000000360. The van der Waals surface area contributed by atoms with Gasteiger partial charge in [0.25, 0.3) is 0 Å². The average molecular weight is 117 g/mol. The Morgan fingerprint density at radius 3 is 2.57 bits per heavy atom. The highest BCUT2D eigenvalue weighted by atomic mass is 32.2. The van der Waals surface area contributed by atoms with Crippen molar-refractivity contribution >= 4 is 17.3 Å². The molecule has 0 bridgehead atoms. The molecule has 3 nitrogen and oxygen atoms in total. The summed E-state index contributed by atoms with van der Waals surface area (Å²) >= 11 is 1.56. The van der Waals surface area contributed by atoms with Gasteiger partial charge in [0.1, 0.15) is 0 Å². The highest BCUT2D eigenvalue weighted by molar-refractivity contribution is 8.14. The van der Waals surface area contributed by atoms with Gasteiger partial charge in [0.2, 0.25) is 0 Å². The number of nitrogens with zero attached hydrogens (tertiary/aromatic N) is 1. The topological polar surface area (TPSA) is 59.4 Å². The highest BCUT2D eigenvalue weighted by Gasteiger charge is 1.74. The van der Waals surface area contributed by atoms with Crippen LogP contribution < -0.4 is 11.6 Å². The second-order valence-corrected chi connectivity index (χ2v) is 1.56. The van der Waals surface area contributed by atoms with Gasteiger partial charge in [0.05, 0.1) is 5.55 Å². The quantitative estimate of drug-likeness (QED) is 0.495. The molecule has 0 atom stereocenters. The minimum Gasteiger partial charge on any atom is -0.344 e. The normalized spacial score (nSPS) is 14.9. The number of hydrogen-bond donors (Lipinski definition) is 2. The molecule has 0 radical (unpaired) electrons. The molecule has 0 saturated heterocycles. The largest absolute Gasteiger partial charge is 0.344 e. The molecule has 0 aromatic carbocycles. The van der Waals surface area contributed by atoms with Gasteiger partial charge in [-0.2, -0.15) is 5.10 Å². The molecule has 4 N–H and O–H groups in total. The van der Waals surface area contributed by atoms with E-state index in [1.807, 2.05) is 5.41 Å². The van der Waals surface area contributed by atoms with Crippen LogP contribution in [0.15, 0.2) is 16.7 Å². The SMILES string of the molecule is C1=CSC=NN1.N. The van der Waals surface area contributed by atoms with Gasteiger partial charge < -0.3 is 6.15 Å². The van der Waals surface area contributed by atoms with Crippen LogP contribution in [-0.4, -0.2) is 5.55 Å². The van der Waals surface area contributed by atoms with Crippen LogP contribution in [0.3, 0.4) is 0 Å². The molecule has 1 aliphatic heterocycles. The number of thioether (sulfide) groups is 1. The number of nitrogens with one attached hydrogen (secondary N) is 1. The van der Waals surface area contributed by atoms with Crippen LogP contribution in [0.1, 0.15) is 0 Å². The summed E-state index contributed by atoms with van der Waals surface area (Å²) in [6.45, 7) is 0. The fraction of sp³-hybridized carbons (Fsp3) is 0. The first-order valence-corrected chi connectivity index (χ1v) is 2.52. The fourth-order valence-corrected chi connectivity index (χ4v) is 0.540. The minimum atomic E-state index is 0. The lowest BCUT2D eigenvalue weighted by Gasteiger charge is -1.90. The van der Waals surface area contributed by atoms with Crippen LogP contribution in [0.5, 0.6) is 0 Å². The third kappa shape index (κ3) is 2.24. The summed E-state index contributed by atoms with van der Waals surface area (Å²) in [5.41, 5.74) is 4.39. The van der Waals surface area contributed by atoms with Crippen LogP contribution in [0, 0.1) is 0 Å². The molecule has 7 heavy (non-hydrogen) atoms. The molecule has 0 aliphatic carbocycles. The summed E-state index contributed by atoms with van der Waals surface area (Å²) in [6, 6.07) is 0. The second kappa shape index (κ2) is 3.70. The van der Waals surface area contributed by atoms with Crippen molar-refractivity contribution in [3.8, 4) is 0 Å². The van der Waals surface area contributed by atoms with Crippen molar-refractivity contribution in [2.75, 3.05) is 0 Å². The van der Waals surface area contributed by atoms with Crippen molar-refractivity contribution in [2.45, 2.75) is 0 Å². The molecule has 0 amide bonds. The van der Waals surface area contributed by atoms with Crippen LogP contribution in [0.25, 0.3) is 0 Å². The Labute approximate surface area is 46.4 Å². The molecule has 0 unspecified atom stereocenters. The third-order valence-corrected chi connectivity index (χ3v) is 0.930. The van der Waals surface area contributed by atoms with E-state index in [4.69, 9.17) is 0 Å². The summed E-state index contributed by atoms with van der Waals surface area (Å²) in [6.07, 6.45) is 1.78. The Morgan fingerprint density at radius 1 is 1.57 bits per heavy atom. The van der Waals surface area contributed by atoms with E-state index in [1.54, 1.807) is 23.5 Å². The van der Waals surface area contributed by atoms with Crippen LogP contribution >= 0.6 is 11.8 Å². The van der Waals surface area contributed by atoms with E-state index in [0.717, 1.165) is 0 Å². The van der Waals surface area contributed by atoms with Crippen molar-refractivity contribution in [2.24, 2.45) is 5.10 Å². The standard InChI is InChI=1S/C3H4N2S.H3N/c1-2-6-3-5-4-1;/h1-4H;1H3. The summed E-state index contributed by atoms with van der Waals surface area (Å²) in [5.74, 6) is 0. The van der Waals surface area contributed by atoms with Gasteiger partial charge in [-0.15, -0.1) is 0 Å². The van der Waals surface area contributed by atoms with Crippen molar-refractivity contribution in [1.82, 2.24) is 11.6 Å². The summed E-state index contributed by atoms with van der Waals surface area (Å²) in [4.78, 5) is 0. The maximum Gasteiger partial charge on any atom is 0.0843 e. The van der Waals surface area contributed by atoms with E-state index in [-0.39, 0.29) is 6.15 Å². The molecule has 4 heteroatoms. The second-order valence-electron chi connectivity index (χ2n) is 0.802. The molecule has 1 rings (SSSR count). The van der Waals surface area contributed by atoms with Gasteiger partial charge in [0.15, 0.2) is 0 Å². The predicted octanol–water partition coefficient (Wildman–Crippen LogP) is 0.899. The van der Waals surface area contributed by atoms with Crippen molar-refractivity contribution in [3.63, 3.8) is 0 Å². The molecule has 0 spiro atoms. The van der Waals surface area contributed by atoms with Gasteiger partial charge in [-0.05, 0) is 5.41 Å². The Kier molecular flexibility index (Phi) is 3.45. The van der Waals surface area contributed by atoms with Crippen molar-refractivity contribution in [3.05, 3.63) is 11.6 Å². The summed E-state index contributed by atoms with van der Waals surface area (Å²) < 4.78 is 0. The Morgan fingerprint density at radius 2 is 2.43 bits per heavy atom. The van der Waals surface area contributed by atoms with Gasteiger partial charge >= 0.3 is 0 Å². The molecule has 0 saturated carbocycles. The molecule has 40 valence electrons. The van der Waals surface area contributed by atoms with E-state index in [2.05, 4.69) is 10.5 Å². The van der Waals surface area contributed by atoms with Crippen molar-refractivity contribution < 1.29 is 0 Å². The minimum absolute atomic E-state index is 0. The lowest BCUT2D eigenvalue weighted by molar-refractivity contribution is 0.980. The zero-order valence-electron chi connectivity index (χ0n) is 3.79. The first-order valence-electron chi connectivity index (χ1n) is 1.58. The Hall–Kier alpha value is -0.480.